The molecule has 0 aliphatic heterocycles. The molecule has 1 aromatic carbocycles. The topological polar surface area (TPSA) is 64.9 Å². The lowest BCUT2D eigenvalue weighted by Gasteiger charge is -2.04. The Morgan fingerprint density at radius 2 is 1.70 bits per heavy atom. The molecule has 20 heavy (non-hydrogen) atoms. The molecule has 0 bridgehead atoms. The standard InChI is InChI=1S/C16H15N3O/c1-10-3-5-12(6-4-10)14-15(19-20-16(14)17)13-7-11(2)8-18-9-13/h3-9H,17H2,1-2H3. The maximum absolute atomic E-state index is 5.94. The number of pyridine rings is 1. The van der Waals surface area contributed by atoms with Crippen molar-refractivity contribution in [2.75, 3.05) is 5.73 Å². The van der Waals surface area contributed by atoms with Gasteiger partial charge in [-0.05, 0) is 31.0 Å². The summed E-state index contributed by atoms with van der Waals surface area (Å²) in [6.45, 7) is 4.04. The van der Waals surface area contributed by atoms with Crippen molar-refractivity contribution >= 4 is 5.88 Å². The molecular weight excluding hydrogens is 250 g/mol. The summed E-state index contributed by atoms with van der Waals surface area (Å²) in [7, 11) is 0. The van der Waals surface area contributed by atoms with E-state index in [1.807, 2.05) is 44.2 Å². The van der Waals surface area contributed by atoms with Gasteiger partial charge in [-0.25, -0.2) is 0 Å². The quantitative estimate of drug-likeness (QED) is 0.768. The molecule has 100 valence electrons. The van der Waals surface area contributed by atoms with Crippen molar-refractivity contribution in [3.63, 3.8) is 0 Å². The van der Waals surface area contributed by atoms with Gasteiger partial charge in [-0.2, -0.15) is 0 Å². The molecular formula is C16H15N3O. The van der Waals surface area contributed by atoms with Gasteiger partial charge in [0, 0.05) is 18.0 Å². The van der Waals surface area contributed by atoms with E-state index >= 15 is 0 Å². The molecule has 0 fully saturated rings. The van der Waals surface area contributed by atoms with Gasteiger partial charge in [0.15, 0.2) is 0 Å². The first-order chi connectivity index (χ1) is 9.65. The lowest BCUT2D eigenvalue weighted by molar-refractivity contribution is 0.439. The summed E-state index contributed by atoms with van der Waals surface area (Å²) in [5.41, 5.74) is 11.6. The smallest absolute Gasteiger partial charge is 0.230 e. The number of aromatic nitrogens is 2. The van der Waals surface area contributed by atoms with Gasteiger partial charge in [0.2, 0.25) is 5.88 Å². The van der Waals surface area contributed by atoms with Crippen LogP contribution in [0.15, 0.2) is 47.2 Å². The van der Waals surface area contributed by atoms with Crippen LogP contribution in [-0.4, -0.2) is 10.1 Å². The fourth-order valence-corrected chi connectivity index (χ4v) is 2.18. The van der Waals surface area contributed by atoms with Crippen LogP contribution in [0.5, 0.6) is 0 Å². The zero-order valence-corrected chi connectivity index (χ0v) is 11.4. The molecule has 0 aliphatic carbocycles. The first-order valence-electron chi connectivity index (χ1n) is 6.39. The van der Waals surface area contributed by atoms with Crippen LogP contribution in [-0.2, 0) is 0 Å². The maximum atomic E-state index is 5.94. The highest BCUT2D eigenvalue weighted by Crippen LogP contribution is 2.36. The highest BCUT2D eigenvalue weighted by atomic mass is 16.5. The number of nitrogens with zero attached hydrogens (tertiary/aromatic N) is 2. The van der Waals surface area contributed by atoms with Crippen molar-refractivity contribution in [2.45, 2.75) is 13.8 Å². The summed E-state index contributed by atoms with van der Waals surface area (Å²) in [4.78, 5) is 4.20. The molecule has 0 unspecified atom stereocenters. The summed E-state index contributed by atoms with van der Waals surface area (Å²) in [5.74, 6) is 0.324. The average Bonchev–Trinajstić information content (AvgIpc) is 2.82. The second kappa shape index (κ2) is 4.81. The Kier molecular flexibility index (Phi) is 2.99. The molecule has 0 saturated carbocycles. The van der Waals surface area contributed by atoms with E-state index in [1.165, 1.54) is 5.56 Å². The lowest BCUT2D eigenvalue weighted by Crippen LogP contribution is -1.89. The van der Waals surface area contributed by atoms with Gasteiger partial charge >= 0.3 is 0 Å². The van der Waals surface area contributed by atoms with Crippen LogP contribution in [0.1, 0.15) is 11.1 Å². The Balaban J connectivity index is 2.17. The first-order valence-corrected chi connectivity index (χ1v) is 6.39. The van der Waals surface area contributed by atoms with Crippen molar-refractivity contribution in [3.05, 3.63) is 53.9 Å². The van der Waals surface area contributed by atoms with Crippen LogP contribution in [0.3, 0.4) is 0 Å². The number of hydrogen-bond donors (Lipinski definition) is 1. The zero-order chi connectivity index (χ0) is 14.1. The summed E-state index contributed by atoms with van der Waals surface area (Å²) < 4.78 is 5.17. The third kappa shape index (κ3) is 2.16. The number of rotatable bonds is 2. The first kappa shape index (κ1) is 12.4. The zero-order valence-electron chi connectivity index (χ0n) is 11.4. The monoisotopic (exact) mass is 265 g/mol. The predicted molar refractivity (Wildman–Crippen MR) is 79.1 cm³/mol. The summed E-state index contributed by atoms with van der Waals surface area (Å²) in [6, 6.07) is 10.1. The normalized spacial score (nSPS) is 10.7. The Bertz CT molecular complexity index is 745. The molecule has 2 aromatic heterocycles. The molecule has 4 nitrogen and oxygen atoms in total. The highest BCUT2D eigenvalue weighted by Gasteiger charge is 2.17. The Morgan fingerprint density at radius 3 is 2.40 bits per heavy atom. The van der Waals surface area contributed by atoms with E-state index in [0.29, 0.717) is 5.88 Å². The molecule has 3 aromatic rings. The van der Waals surface area contributed by atoms with E-state index in [1.54, 1.807) is 12.4 Å². The second-order valence-corrected chi connectivity index (χ2v) is 4.89. The molecule has 4 heteroatoms. The second-order valence-electron chi connectivity index (χ2n) is 4.89. The van der Waals surface area contributed by atoms with Gasteiger partial charge < -0.3 is 10.3 Å². The number of nitrogen functional groups attached to an aromatic ring is 1. The molecule has 0 amide bonds. The average molecular weight is 265 g/mol. The SMILES string of the molecule is Cc1ccc(-c2c(-c3cncc(C)c3)noc2N)cc1. The van der Waals surface area contributed by atoms with Crippen LogP contribution >= 0.6 is 0 Å². The van der Waals surface area contributed by atoms with Gasteiger partial charge in [-0.3, -0.25) is 4.98 Å². The van der Waals surface area contributed by atoms with Gasteiger partial charge in [-0.1, -0.05) is 35.0 Å². The summed E-state index contributed by atoms with van der Waals surface area (Å²) in [6.07, 6.45) is 3.57. The number of nitrogens with two attached hydrogens (primary N) is 1. The molecule has 0 saturated heterocycles. The van der Waals surface area contributed by atoms with Crippen LogP contribution in [0, 0.1) is 13.8 Å². The minimum atomic E-state index is 0.324. The third-order valence-electron chi connectivity index (χ3n) is 3.21. The van der Waals surface area contributed by atoms with E-state index in [9.17, 15) is 0 Å². The minimum Gasteiger partial charge on any atom is -0.367 e. The van der Waals surface area contributed by atoms with Crippen molar-refractivity contribution in [3.8, 4) is 22.4 Å². The number of benzene rings is 1. The van der Waals surface area contributed by atoms with E-state index < -0.39 is 0 Å². The van der Waals surface area contributed by atoms with Gasteiger partial charge in [0.05, 0.1) is 5.56 Å². The molecule has 3 rings (SSSR count). The lowest BCUT2D eigenvalue weighted by atomic mass is 10.0. The Morgan fingerprint density at radius 1 is 0.950 bits per heavy atom. The maximum Gasteiger partial charge on any atom is 0.230 e. The largest absolute Gasteiger partial charge is 0.367 e. The Labute approximate surface area is 117 Å². The van der Waals surface area contributed by atoms with Crippen LogP contribution in [0.2, 0.25) is 0 Å². The summed E-state index contributed by atoms with van der Waals surface area (Å²) >= 11 is 0. The van der Waals surface area contributed by atoms with Gasteiger partial charge in [-0.15, -0.1) is 0 Å². The van der Waals surface area contributed by atoms with Crippen molar-refractivity contribution in [1.29, 1.82) is 0 Å². The number of anilines is 1. The van der Waals surface area contributed by atoms with Crippen LogP contribution < -0.4 is 5.73 Å². The molecule has 0 radical (unpaired) electrons. The van der Waals surface area contributed by atoms with Crippen LogP contribution in [0.25, 0.3) is 22.4 Å². The van der Waals surface area contributed by atoms with Gasteiger partial charge in [0.25, 0.3) is 0 Å². The van der Waals surface area contributed by atoms with E-state index in [-0.39, 0.29) is 0 Å². The molecule has 0 atom stereocenters. The van der Waals surface area contributed by atoms with Crippen molar-refractivity contribution < 1.29 is 4.52 Å². The fourth-order valence-electron chi connectivity index (χ4n) is 2.18. The van der Waals surface area contributed by atoms with E-state index in [2.05, 4.69) is 10.1 Å². The fraction of sp³-hybridized carbons (Fsp3) is 0.125. The van der Waals surface area contributed by atoms with E-state index in [4.69, 9.17) is 10.3 Å². The van der Waals surface area contributed by atoms with Crippen LogP contribution in [0.4, 0.5) is 5.88 Å². The van der Waals surface area contributed by atoms with Gasteiger partial charge in [0.1, 0.15) is 5.69 Å². The molecule has 0 spiro atoms. The number of aryl methyl sites for hydroxylation is 2. The molecule has 2 N–H and O–H groups in total. The van der Waals surface area contributed by atoms with Crippen molar-refractivity contribution in [1.82, 2.24) is 10.1 Å². The molecule has 2 heterocycles. The van der Waals surface area contributed by atoms with Crippen molar-refractivity contribution in [2.24, 2.45) is 0 Å². The molecule has 0 aliphatic rings. The third-order valence-corrected chi connectivity index (χ3v) is 3.21. The predicted octanol–water partition coefficient (Wildman–Crippen LogP) is 3.60. The summed E-state index contributed by atoms with van der Waals surface area (Å²) in [5, 5.41) is 4.09. The van der Waals surface area contributed by atoms with E-state index in [0.717, 1.165) is 27.9 Å². The number of hydrogen-bond acceptors (Lipinski definition) is 4. The highest BCUT2D eigenvalue weighted by molar-refractivity contribution is 5.86. The Hall–Kier alpha value is -2.62. The minimum absolute atomic E-state index is 0.324.